The van der Waals surface area contributed by atoms with Crippen molar-refractivity contribution < 1.29 is 9.59 Å². The lowest BCUT2D eigenvalue weighted by atomic mass is 9.91. The quantitative estimate of drug-likeness (QED) is 0.918. The Labute approximate surface area is 125 Å². The maximum atomic E-state index is 12.7. The summed E-state index contributed by atoms with van der Waals surface area (Å²) in [6.07, 6.45) is 4.05. The van der Waals surface area contributed by atoms with Gasteiger partial charge in [0.05, 0.1) is 0 Å². The number of carbonyl (C=O) groups is 2. The Hall–Kier alpha value is -1.91. The minimum atomic E-state index is -0.839. The summed E-state index contributed by atoms with van der Waals surface area (Å²) in [5.74, 6) is 0.246. The first-order valence-electron chi connectivity index (χ1n) is 7.33. The van der Waals surface area contributed by atoms with Crippen LogP contribution < -0.4 is 5.32 Å². The molecule has 1 aliphatic heterocycles. The Morgan fingerprint density at radius 2 is 1.90 bits per heavy atom. The number of pyridine rings is 1. The first-order valence-corrected chi connectivity index (χ1v) is 7.33. The molecule has 1 fully saturated rings. The highest BCUT2D eigenvalue weighted by Crippen LogP contribution is 2.25. The topological polar surface area (TPSA) is 62.3 Å². The van der Waals surface area contributed by atoms with Crippen LogP contribution in [0.25, 0.3) is 0 Å². The first-order chi connectivity index (χ1) is 9.82. The minimum Gasteiger partial charge on any atom is -0.342 e. The van der Waals surface area contributed by atoms with Crippen molar-refractivity contribution in [1.29, 1.82) is 0 Å². The third kappa shape index (κ3) is 3.23. The molecule has 2 amide bonds. The van der Waals surface area contributed by atoms with E-state index in [0.717, 1.165) is 5.56 Å². The summed E-state index contributed by atoms with van der Waals surface area (Å²) in [5, 5.41) is 2.86. The molecule has 1 N–H and O–H groups in total. The van der Waals surface area contributed by atoms with Gasteiger partial charge < -0.3 is 10.2 Å². The van der Waals surface area contributed by atoms with E-state index in [4.69, 9.17) is 0 Å². The lowest BCUT2D eigenvalue weighted by Gasteiger charge is -2.44. The van der Waals surface area contributed by atoms with Crippen molar-refractivity contribution in [3.63, 3.8) is 0 Å². The van der Waals surface area contributed by atoms with Crippen LogP contribution in [0.15, 0.2) is 24.5 Å². The molecule has 1 aromatic rings. The Morgan fingerprint density at radius 1 is 1.29 bits per heavy atom. The van der Waals surface area contributed by atoms with E-state index in [9.17, 15) is 9.59 Å². The van der Waals surface area contributed by atoms with Crippen LogP contribution in [0.1, 0.15) is 39.7 Å². The standard InChI is InChI=1S/C16H23N3O2/c1-11(2)9-13-14(20)19(16(3,4)15(21)18-13)10-12-5-7-17-8-6-12/h5-8,11,13H,9-10H2,1-4H3,(H,18,21). The van der Waals surface area contributed by atoms with Gasteiger partial charge >= 0.3 is 0 Å². The van der Waals surface area contributed by atoms with Gasteiger partial charge in [0.25, 0.3) is 0 Å². The Balaban J connectivity index is 2.25. The van der Waals surface area contributed by atoms with Crippen LogP contribution in [0.2, 0.25) is 0 Å². The van der Waals surface area contributed by atoms with Crippen molar-refractivity contribution in [2.24, 2.45) is 5.92 Å². The number of aromatic nitrogens is 1. The van der Waals surface area contributed by atoms with Gasteiger partial charge in [0.2, 0.25) is 11.8 Å². The van der Waals surface area contributed by atoms with Gasteiger partial charge in [0, 0.05) is 18.9 Å². The zero-order valence-electron chi connectivity index (χ0n) is 13.1. The van der Waals surface area contributed by atoms with Crippen LogP contribution in [0.5, 0.6) is 0 Å². The third-order valence-electron chi connectivity index (χ3n) is 3.90. The number of carbonyl (C=O) groups excluding carboxylic acids is 2. The Bertz CT molecular complexity index is 526. The largest absolute Gasteiger partial charge is 0.342 e. The molecule has 2 rings (SSSR count). The molecule has 0 spiro atoms. The van der Waals surface area contributed by atoms with Gasteiger partial charge in [-0.05, 0) is 43.9 Å². The minimum absolute atomic E-state index is 0.00916. The molecule has 0 saturated carbocycles. The second kappa shape index (κ2) is 5.84. The third-order valence-corrected chi connectivity index (χ3v) is 3.90. The Kier molecular flexibility index (Phi) is 4.30. The molecule has 21 heavy (non-hydrogen) atoms. The fourth-order valence-corrected chi connectivity index (χ4v) is 2.56. The van der Waals surface area contributed by atoms with Crippen LogP contribution in [0, 0.1) is 5.92 Å². The van der Waals surface area contributed by atoms with E-state index < -0.39 is 11.6 Å². The number of nitrogens with one attached hydrogen (secondary N) is 1. The molecule has 0 bridgehead atoms. The summed E-state index contributed by atoms with van der Waals surface area (Å²) in [6.45, 7) is 8.09. The molecule has 1 unspecified atom stereocenters. The van der Waals surface area contributed by atoms with E-state index in [1.807, 2.05) is 26.0 Å². The van der Waals surface area contributed by atoms with Gasteiger partial charge in [-0.25, -0.2) is 0 Å². The summed E-state index contributed by atoms with van der Waals surface area (Å²) < 4.78 is 0. The van der Waals surface area contributed by atoms with Gasteiger partial charge in [-0.3, -0.25) is 14.6 Å². The van der Waals surface area contributed by atoms with Crippen molar-refractivity contribution >= 4 is 11.8 Å². The number of piperazine rings is 1. The molecule has 1 saturated heterocycles. The molecule has 2 heterocycles. The molecular formula is C16H23N3O2. The SMILES string of the molecule is CC(C)CC1NC(=O)C(C)(C)N(Cc2ccncc2)C1=O. The van der Waals surface area contributed by atoms with E-state index in [2.05, 4.69) is 10.3 Å². The van der Waals surface area contributed by atoms with Crippen LogP contribution in [-0.2, 0) is 16.1 Å². The maximum Gasteiger partial charge on any atom is 0.246 e. The monoisotopic (exact) mass is 289 g/mol. The number of hydrogen-bond donors (Lipinski definition) is 1. The summed E-state index contributed by atoms with van der Waals surface area (Å²) in [4.78, 5) is 30.7. The van der Waals surface area contributed by atoms with Crippen molar-refractivity contribution in [3.8, 4) is 0 Å². The molecule has 0 aromatic carbocycles. The smallest absolute Gasteiger partial charge is 0.246 e. The lowest BCUT2D eigenvalue weighted by molar-refractivity contribution is -0.156. The molecule has 0 radical (unpaired) electrons. The van der Waals surface area contributed by atoms with E-state index >= 15 is 0 Å². The van der Waals surface area contributed by atoms with Crippen molar-refractivity contribution in [3.05, 3.63) is 30.1 Å². The summed E-state index contributed by atoms with van der Waals surface area (Å²) >= 11 is 0. The summed E-state index contributed by atoms with van der Waals surface area (Å²) in [5.41, 5.74) is 0.137. The van der Waals surface area contributed by atoms with Gasteiger partial charge in [-0.15, -0.1) is 0 Å². The molecule has 1 aromatic heterocycles. The van der Waals surface area contributed by atoms with Gasteiger partial charge in [-0.1, -0.05) is 13.8 Å². The van der Waals surface area contributed by atoms with Crippen molar-refractivity contribution in [2.45, 2.75) is 52.2 Å². The van der Waals surface area contributed by atoms with Gasteiger partial charge in [0.15, 0.2) is 0 Å². The van der Waals surface area contributed by atoms with Crippen molar-refractivity contribution in [2.75, 3.05) is 0 Å². The molecule has 1 atom stereocenters. The summed E-state index contributed by atoms with van der Waals surface area (Å²) in [6, 6.07) is 3.31. The fraction of sp³-hybridized carbons (Fsp3) is 0.562. The zero-order chi connectivity index (χ0) is 15.6. The Morgan fingerprint density at radius 3 is 2.48 bits per heavy atom. The number of nitrogens with zero attached hydrogens (tertiary/aromatic N) is 2. The summed E-state index contributed by atoms with van der Waals surface area (Å²) in [7, 11) is 0. The van der Waals surface area contributed by atoms with E-state index in [0.29, 0.717) is 18.9 Å². The maximum absolute atomic E-state index is 12.7. The van der Waals surface area contributed by atoms with Crippen LogP contribution in [0.3, 0.4) is 0 Å². The van der Waals surface area contributed by atoms with Gasteiger partial charge in [-0.2, -0.15) is 0 Å². The van der Waals surface area contributed by atoms with Crippen LogP contribution in [-0.4, -0.2) is 33.3 Å². The zero-order valence-corrected chi connectivity index (χ0v) is 13.1. The number of amides is 2. The molecule has 1 aliphatic rings. The van der Waals surface area contributed by atoms with Crippen molar-refractivity contribution in [1.82, 2.24) is 15.2 Å². The highest BCUT2D eigenvalue weighted by molar-refractivity contribution is 5.99. The normalized spacial score (nSPS) is 21.6. The van der Waals surface area contributed by atoms with E-state index in [1.54, 1.807) is 31.1 Å². The van der Waals surface area contributed by atoms with E-state index in [-0.39, 0.29) is 11.8 Å². The number of hydrogen-bond acceptors (Lipinski definition) is 3. The fourth-order valence-electron chi connectivity index (χ4n) is 2.56. The van der Waals surface area contributed by atoms with E-state index in [1.165, 1.54) is 0 Å². The molecular weight excluding hydrogens is 266 g/mol. The first kappa shape index (κ1) is 15.5. The highest BCUT2D eigenvalue weighted by Gasteiger charge is 2.46. The second-order valence-corrected chi connectivity index (χ2v) is 6.49. The average molecular weight is 289 g/mol. The molecule has 5 heteroatoms. The highest BCUT2D eigenvalue weighted by atomic mass is 16.2. The van der Waals surface area contributed by atoms with Crippen LogP contribution >= 0.6 is 0 Å². The molecule has 114 valence electrons. The second-order valence-electron chi connectivity index (χ2n) is 6.49. The molecule has 0 aliphatic carbocycles. The lowest BCUT2D eigenvalue weighted by Crippen LogP contribution is -2.68. The average Bonchev–Trinajstić information content (AvgIpc) is 2.42. The van der Waals surface area contributed by atoms with Crippen LogP contribution in [0.4, 0.5) is 0 Å². The molecule has 5 nitrogen and oxygen atoms in total. The number of rotatable bonds is 4. The predicted molar refractivity (Wildman–Crippen MR) is 80.3 cm³/mol. The van der Waals surface area contributed by atoms with Gasteiger partial charge in [0.1, 0.15) is 11.6 Å². The predicted octanol–water partition coefficient (Wildman–Crippen LogP) is 1.73.